The van der Waals surface area contributed by atoms with Crippen molar-refractivity contribution in [2.24, 2.45) is 0 Å². The molecular formula is C18H19FN6O2S. The maximum absolute atomic E-state index is 13.2. The predicted octanol–water partition coefficient (Wildman–Crippen LogP) is 2.45. The summed E-state index contributed by atoms with van der Waals surface area (Å²) in [4.78, 5) is 4.07. The molecule has 0 radical (unpaired) electrons. The van der Waals surface area contributed by atoms with Gasteiger partial charge in [0.15, 0.2) is 5.82 Å². The van der Waals surface area contributed by atoms with E-state index in [0.717, 1.165) is 11.6 Å². The van der Waals surface area contributed by atoms with E-state index in [9.17, 15) is 12.8 Å². The number of anilines is 3. The third-order valence-electron chi connectivity index (χ3n) is 3.67. The molecule has 0 atom stereocenters. The Morgan fingerprint density at radius 1 is 0.964 bits per heavy atom. The molecule has 0 aliphatic carbocycles. The quantitative estimate of drug-likeness (QED) is 0.497. The van der Waals surface area contributed by atoms with Crippen LogP contribution in [0.4, 0.5) is 21.8 Å². The highest BCUT2D eigenvalue weighted by atomic mass is 32.2. The molecule has 0 saturated heterocycles. The van der Waals surface area contributed by atoms with E-state index in [4.69, 9.17) is 0 Å². The van der Waals surface area contributed by atoms with E-state index in [1.54, 1.807) is 18.3 Å². The number of hydrogen-bond donors (Lipinski definition) is 3. The van der Waals surface area contributed by atoms with Crippen molar-refractivity contribution in [2.75, 3.05) is 23.7 Å². The molecule has 3 aromatic rings. The number of sulfonamides is 1. The lowest BCUT2D eigenvalue weighted by Crippen LogP contribution is -2.29. The Bertz CT molecular complexity index is 1040. The topological polar surface area (TPSA) is 109 Å². The first-order valence-electron chi connectivity index (χ1n) is 8.45. The van der Waals surface area contributed by atoms with E-state index in [2.05, 4.69) is 30.5 Å². The van der Waals surface area contributed by atoms with Gasteiger partial charge in [0.05, 0.1) is 4.90 Å². The van der Waals surface area contributed by atoms with Gasteiger partial charge in [-0.2, -0.15) is 0 Å². The van der Waals surface area contributed by atoms with Gasteiger partial charge in [0.2, 0.25) is 10.0 Å². The second-order valence-corrected chi connectivity index (χ2v) is 7.70. The van der Waals surface area contributed by atoms with Crippen molar-refractivity contribution in [3.05, 3.63) is 66.1 Å². The van der Waals surface area contributed by atoms with Crippen LogP contribution in [-0.4, -0.2) is 36.7 Å². The molecule has 8 nitrogen and oxygen atoms in total. The van der Waals surface area contributed by atoms with E-state index >= 15 is 0 Å². The SMILES string of the molecule is Cc1ccnc(Nc2ccc(NCCNS(=O)(=O)c3cccc(F)c3)nn2)c1. The van der Waals surface area contributed by atoms with Crippen molar-refractivity contribution in [3.8, 4) is 0 Å². The highest BCUT2D eigenvalue weighted by molar-refractivity contribution is 7.89. The van der Waals surface area contributed by atoms with Gasteiger partial charge in [-0.1, -0.05) is 6.07 Å². The monoisotopic (exact) mass is 402 g/mol. The maximum atomic E-state index is 13.2. The normalized spacial score (nSPS) is 11.2. The fourth-order valence-electron chi connectivity index (χ4n) is 2.32. The maximum Gasteiger partial charge on any atom is 0.240 e. The highest BCUT2D eigenvalue weighted by Gasteiger charge is 2.13. The van der Waals surface area contributed by atoms with Crippen LogP contribution in [0.1, 0.15) is 5.56 Å². The number of benzene rings is 1. The fourth-order valence-corrected chi connectivity index (χ4v) is 3.39. The summed E-state index contributed by atoms with van der Waals surface area (Å²) in [6.07, 6.45) is 1.70. The van der Waals surface area contributed by atoms with Crippen LogP contribution >= 0.6 is 0 Å². The van der Waals surface area contributed by atoms with Gasteiger partial charge in [-0.05, 0) is 55.0 Å². The smallest absolute Gasteiger partial charge is 0.240 e. The number of pyridine rings is 1. The first-order chi connectivity index (χ1) is 13.4. The summed E-state index contributed by atoms with van der Waals surface area (Å²) in [6, 6.07) is 12.1. The number of rotatable bonds is 8. The minimum Gasteiger partial charge on any atom is -0.367 e. The van der Waals surface area contributed by atoms with Crippen LogP contribution in [-0.2, 0) is 10.0 Å². The van der Waals surface area contributed by atoms with E-state index in [1.165, 1.54) is 18.2 Å². The Kier molecular flexibility index (Phi) is 6.12. The third kappa shape index (κ3) is 5.44. The Labute approximate surface area is 162 Å². The largest absolute Gasteiger partial charge is 0.367 e. The second-order valence-electron chi connectivity index (χ2n) is 5.93. The van der Waals surface area contributed by atoms with E-state index in [1.807, 2.05) is 19.1 Å². The molecule has 0 bridgehead atoms. The van der Waals surface area contributed by atoms with Crippen LogP contribution in [0.15, 0.2) is 59.6 Å². The molecular weight excluding hydrogens is 383 g/mol. The zero-order valence-corrected chi connectivity index (χ0v) is 15.9. The van der Waals surface area contributed by atoms with Gasteiger partial charge in [-0.3, -0.25) is 0 Å². The zero-order chi connectivity index (χ0) is 20.0. The molecule has 0 aliphatic rings. The van der Waals surface area contributed by atoms with Crippen molar-refractivity contribution in [1.29, 1.82) is 0 Å². The molecule has 0 fully saturated rings. The summed E-state index contributed by atoms with van der Waals surface area (Å²) in [5, 5.41) is 14.1. The molecule has 1 aromatic carbocycles. The number of nitrogens with zero attached hydrogens (tertiary/aromatic N) is 3. The van der Waals surface area contributed by atoms with Gasteiger partial charge < -0.3 is 10.6 Å². The average Bonchev–Trinajstić information content (AvgIpc) is 2.67. The van der Waals surface area contributed by atoms with Crippen LogP contribution in [0.25, 0.3) is 0 Å². The van der Waals surface area contributed by atoms with E-state index in [0.29, 0.717) is 17.5 Å². The lowest BCUT2D eigenvalue weighted by molar-refractivity contribution is 0.579. The van der Waals surface area contributed by atoms with Gasteiger partial charge in [-0.25, -0.2) is 22.5 Å². The summed E-state index contributed by atoms with van der Waals surface area (Å²) >= 11 is 0. The van der Waals surface area contributed by atoms with Gasteiger partial charge >= 0.3 is 0 Å². The van der Waals surface area contributed by atoms with Crippen molar-refractivity contribution in [3.63, 3.8) is 0 Å². The lowest BCUT2D eigenvalue weighted by atomic mass is 10.3. The predicted molar refractivity (Wildman–Crippen MR) is 104 cm³/mol. The molecule has 28 heavy (non-hydrogen) atoms. The minimum atomic E-state index is -3.77. The minimum absolute atomic E-state index is 0.105. The van der Waals surface area contributed by atoms with Crippen LogP contribution in [0.3, 0.4) is 0 Å². The molecule has 0 spiro atoms. The van der Waals surface area contributed by atoms with Crippen LogP contribution < -0.4 is 15.4 Å². The number of halogens is 1. The molecule has 3 rings (SSSR count). The van der Waals surface area contributed by atoms with Crippen molar-refractivity contribution < 1.29 is 12.8 Å². The Morgan fingerprint density at radius 3 is 2.46 bits per heavy atom. The molecule has 10 heteroatoms. The van der Waals surface area contributed by atoms with Gasteiger partial charge in [0.1, 0.15) is 17.5 Å². The summed E-state index contributed by atoms with van der Waals surface area (Å²) < 4.78 is 39.7. The average molecular weight is 402 g/mol. The molecule has 2 heterocycles. The van der Waals surface area contributed by atoms with Crippen LogP contribution in [0.2, 0.25) is 0 Å². The molecule has 3 N–H and O–H groups in total. The fraction of sp³-hybridized carbons (Fsp3) is 0.167. The zero-order valence-electron chi connectivity index (χ0n) is 15.1. The van der Waals surface area contributed by atoms with Gasteiger partial charge in [-0.15, -0.1) is 10.2 Å². The Hall–Kier alpha value is -3.11. The molecule has 0 amide bonds. The Morgan fingerprint density at radius 2 is 1.75 bits per heavy atom. The summed E-state index contributed by atoms with van der Waals surface area (Å²) in [6.45, 7) is 2.36. The van der Waals surface area contributed by atoms with Crippen molar-refractivity contribution in [2.45, 2.75) is 11.8 Å². The third-order valence-corrected chi connectivity index (χ3v) is 5.12. The number of hydrogen-bond acceptors (Lipinski definition) is 7. The second kappa shape index (κ2) is 8.72. The summed E-state index contributed by atoms with van der Waals surface area (Å²) in [5.41, 5.74) is 1.07. The lowest BCUT2D eigenvalue weighted by Gasteiger charge is -2.09. The van der Waals surface area contributed by atoms with Crippen LogP contribution in [0.5, 0.6) is 0 Å². The molecule has 0 unspecified atom stereocenters. The molecule has 146 valence electrons. The van der Waals surface area contributed by atoms with Crippen molar-refractivity contribution in [1.82, 2.24) is 19.9 Å². The summed E-state index contributed by atoms with van der Waals surface area (Å²) in [5.74, 6) is 1.09. The highest BCUT2D eigenvalue weighted by Crippen LogP contribution is 2.13. The number of aryl methyl sites for hydroxylation is 1. The van der Waals surface area contributed by atoms with E-state index in [-0.39, 0.29) is 18.0 Å². The van der Waals surface area contributed by atoms with Crippen molar-refractivity contribution >= 4 is 27.5 Å². The van der Waals surface area contributed by atoms with Crippen LogP contribution in [0, 0.1) is 12.7 Å². The standard InChI is InChI=1S/C18H19FN6O2S/c1-13-7-8-20-18(11-13)23-17-6-5-16(24-25-17)21-9-10-22-28(26,27)15-4-2-3-14(19)12-15/h2-8,11-12,22H,9-10H2,1H3,(H,21,24)(H,20,23,25). The molecule has 0 aliphatic heterocycles. The first-order valence-corrected chi connectivity index (χ1v) is 9.93. The summed E-state index contributed by atoms with van der Waals surface area (Å²) in [7, 11) is -3.77. The number of nitrogens with one attached hydrogen (secondary N) is 3. The molecule has 2 aromatic heterocycles. The van der Waals surface area contributed by atoms with Gasteiger partial charge in [0, 0.05) is 19.3 Å². The van der Waals surface area contributed by atoms with E-state index < -0.39 is 15.8 Å². The Balaban J connectivity index is 1.49. The van der Waals surface area contributed by atoms with Gasteiger partial charge in [0.25, 0.3) is 0 Å². The molecule has 0 saturated carbocycles. The number of aromatic nitrogens is 3. The first kappa shape index (κ1) is 19.6.